The number of carboxylic acids is 1. The number of nitrogens with zero attached hydrogens (tertiary/aromatic N) is 4. The Morgan fingerprint density at radius 2 is 1.64 bits per heavy atom. The van der Waals surface area contributed by atoms with E-state index in [2.05, 4.69) is 25.5 Å². The maximum atomic E-state index is 13.4. The van der Waals surface area contributed by atoms with Crippen LogP contribution in [0, 0.1) is 5.92 Å². The fourth-order valence-electron chi connectivity index (χ4n) is 5.94. The SMILES string of the molecule is O=C(O)CC(NC(=O)c1ccc(N2CCCN(C(=O)c3cccnc3)CC2)c(NC(=O)C2CCCCC2)c1)c1cccnc1. The fourth-order valence-corrected chi connectivity index (χ4v) is 5.94. The zero-order chi connectivity index (χ0) is 30.9. The lowest BCUT2D eigenvalue weighted by Crippen LogP contribution is -2.35. The number of carbonyl (C=O) groups excluding carboxylic acids is 3. The second kappa shape index (κ2) is 14.6. The number of aliphatic carboxylic acids is 1. The van der Waals surface area contributed by atoms with Crippen LogP contribution in [0.3, 0.4) is 0 Å². The maximum Gasteiger partial charge on any atom is 0.305 e. The molecule has 1 aliphatic carbocycles. The molecule has 1 atom stereocenters. The van der Waals surface area contributed by atoms with Crippen LogP contribution < -0.4 is 15.5 Å². The second-order valence-corrected chi connectivity index (χ2v) is 11.3. The highest BCUT2D eigenvalue weighted by molar-refractivity contribution is 6.01. The van der Waals surface area contributed by atoms with Gasteiger partial charge in [0.1, 0.15) is 0 Å². The number of hydrogen-bond acceptors (Lipinski definition) is 7. The molecule has 11 nitrogen and oxygen atoms in total. The largest absolute Gasteiger partial charge is 0.481 e. The van der Waals surface area contributed by atoms with E-state index in [1.165, 1.54) is 6.20 Å². The van der Waals surface area contributed by atoms with Crippen LogP contribution >= 0.6 is 0 Å². The van der Waals surface area contributed by atoms with E-state index < -0.39 is 17.9 Å². The van der Waals surface area contributed by atoms with Crippen molar-refractivity contribution in [3.8, 4) is 0 Å². The molecule has 2 fully saturated rings. The third-order valence-electron chi connectivity index (χ3n) is 8.30. The molecule has 1 unspecified atom stereocenters. The molecule has 3 amide bonds. The Morgan fingerprint density at radius 3 is 2.34 bits per heavy atom. The van der Waals surface area contributed by atoms with Crippen molar-refractivity contribution in [1.82, 2.24) is 20.2 Å². The van der Waals surface area contributed by atoms with E-state index in [0.29, 0.717) is 48.6 Å². The minimum absolute atomic E-state index is 0.0641. The van der Waals surface area contributed by atoms with Crippen molar-refractivity contribution in [2.45, 2.75) is 51.0 Å². The van der Waals surface area contributed by atoms with Gasteiger partial charge < -0.3 is 25.5 Å². The lowest BCUT2D eigenvalue weighted by atomic mass is 9.88. The minimum Gasteiger partial charge on any atom is -0.481 e. The molecule has 44 heavy (non-hydrogen) atoms. The Hall–Kier alpha value is -4.80. The summed E-state index contributed by atoms with van der Waals surface area (Å²) in [6.45, 7) is 2.30. The Morgan fingerprint density at radius 1 is 0.864 bits per heavy atom. The summed E-state index contributed by atoms with van der Waals surface area (Å²) in [5.74, 6) is -1.72. The van der Waals surface area contributed by atoms with Crippen LogP contribution in [0.1, 0.15) is 77.3 Å². The average molecular weight is 599 g/mol. The molecule has 1 saturated heterocycles. The highest BCUT2D eigenvalue weighted by atomic mass is 16.4. The van der Waals surface area contributed by atoms with Gasteiger partial charge in [-0.2, -0.15) is 0 Å². The molecule has 1 aliphatic heterocycles. The summed E-state index contributed by atoms with van der Waals surface area (Å²) < 4.78 is 0. The Kier molecular flexibility index (Phi) is 10.2. The molecule has 3 heterocycles. The molecule has 230 valence electrons. The molecule has 0 spiro atoms. The van der Waals surface area contributed by atoms with Crippen molar-refractivity contribution < 1.29 is 24.3 Å². The highest BCUT2D eigenvalue weighted by Crippen LogP contribution is 2.32. The number of carbonyl (C=O) groups is 4. The predicted molar refractivity (Wildman–Crippen MR) is 165 cm³/mol. The summed E-state index contributed by atoms with van der Waals surface area (Å²) in [7, 11) is 0. The van der Waals surface area contributed by atoms with Crippen molar-refractivity contribution in [3.63, 3.8) is 0 Å². The zero-order valence-corrected chi connectivity index (χ0v) is 24.7. The third-order valence-corrected chi connectivity index (χ3v) is 8.30. The lowest BCUT2D eigenvalue weighted by Gasteiger charge is -2.28. The molecule has 5 rings (SSSR count). The first kappa shape index (κ1) is 30.7. The van der Waals surface area contributed by atoms with Gasteiger partial charge in [-0.25, -0.2) is 0 Å². The van der Waals surface area contributed by atoms with Gasteiger partial charge in [0.05, 0.1) is 29.4 Å². The van der Waals surface area contributed by atoms with Gasteiger partial charge in [0.15, 0.2) is 0 Å². The Bertz CT molecular complexity index is 1460. The molecule has 11 heteroatoms. The number of hydrogen-bond donors (Lipinski definition) is 3. The molecule has 3 aromatic rings. The van der Waals surface area contributed by atoms with Crippen LogP contribution in [0.2, 0.25) is 0 Å². The summed E-state index contributed by atoms with van der Waals surface area (Å²) in [5.41, 5.74) is 2.73. The van der Waals surface area contributed by atoms with Crippen molar-refractivity contribution in [3.05, 3.63) is 83.9 Å². The summed E-state index contributed by atoms with van der Waals surface area (Å²) in [4.78, 5) is 63.6. The quantitative estimate of drug-likeness (QED) is 0.331. The van der Waals surface area contributed by atoms with Crippen molar-refractivity contribution in [2.75, 3.05) is 36.4 Å². The number of pyridine rings is 2. The van der Waals surface area contributed by atoms with Crippen LogP contribution in [0.25, 0.3) is 0 Å². The number of benzene rings is 1. The summed E-state index contributed by atoms with van der Waals surface area (Å²) in [5, 5.41) is 15.4. The van der Waals surface area contributed by atoms with Gasteiger partial charge in [-0.1, -0.05) is 25.3 Å². The van der Waals surface area contributed by atoms with Crippen LogP contribution in [-0.4, -0.2) is 69.8 Å². The smallest absolute Gasteiger partial charge is 0.305 e. The van der Waals surface area contributed by atoms with E-state index in [0.717, 1.165) is 44.2 Å². The summed E-state index contributed by atoms with van der Waals surface area (Å²) in [6.07, 6.45) is 11.6. The van der Waals surface area contributed by atoms with E-state index in [1.54, 1.807) is 55.0 Å². The molecule has 1 aromatic carbocycles. The van der Waals surface area contributed by atoms with Gasteiger partial charge in [-0.05, 0) is 61.2 Å². The average Bonchev–Trinajstić information content (AvgIpc) is 3.31. The Labute approximate surface area is 256 Å². The van der Waals surface area contributed by atoms with Gasteiger partial charge in [0.2, 0.25) is 5.91 Å². The molecule has 0 bridgehead atoms. The molecule has 1 saturated carbocycles. The van der Waals surface area contributed by atoms with Gasteiger partial charge >= 0.3 is 5.97 Å². The van der Waals surface area contributed by atoms with Gasteiger partial charge in [0, 0.05) is 62.4 Å². The van der Waals surface area contributed by atoms with Crippen molar-refractivity contribution >= 4 is 35.1 Å². The highest BCUT2D eigenvalue weighted by Gasteiger charge is 2.26. The van der Waals surface area contributed by atoms with E-state index in [4.69, 9.17) is 0 Å². The monoisotopic (exact) mass is 598 g/mol. The summed E-state index contributed by atoms with van der Waals surface area (Å²) in [6, 6.07) is 11.3. The number of amides is 3. The topological polar surface area (TPSA) is 145 Å². The normalized spacial score (nSPS) is 16.5. The van der Waals surface area contributed by atoms with Gasteiger partial charge in [0.25, 0.3) is 11.8 Å². The van der Waals surface area contributed by atoms with Crippen molar-refractivity contribution in [2.24, 2.45) is 5.92 Å². The molecule has 0 radical (unpaired) electrons. The minimum atomic E-state index is -1.05. The number of rotatable bonds is 9. The molecular weight excluding hydrogens is 560 g/mol. The van der Waals surface area contributed by atoms with E-state index >= 15 is 0 Å². The number of aromatic nitrogens is 2. The zero-order valence-electron chi connectivity index (χ0n) is 24.7. The third kappa shape index (κ3) is 7.77. The number of anilines is 2. The van der Waals surface area contributed by atoms with Crippen molar-refractivity contribution in [1.29, 1.82) is 0 Å². The standard InChI is InChI=1S/C33H38N6O5/c40-30(41)20-27(25-9-4-13-34-21-25)36-32(43)24-11-12-29(28(19-24)37-31(42)23-7-2-1-3-8-23)38-15-6-16-39(18-17-38)33(44)26-10-5-14-35-22-26/h4-5,9-14,19,21-23,27H,1-3,6-8,15-18,20H2,(H,36,43)(H,37,42)(H,40,41). The molecule has 2 aromatic heterocycles. The molecular formula is C33H38N6O5. The number of nitrogens with one attached hydrogen (secondary N) is 2. The van der Waals surface area contributed by atoms with Crippen LogP contribution in [0.5, 0.6) is 0 Å². The summed E-state index contributed by atoms with van der Waals surface area (Å²) >= 11 is 0. The lowest BCUT2D eigenvalue weighted by molar-refractivity contribution is -0.137. The fraction of sp³-hybridized carbons (Fsp3) is 0.394. The van der Waals surface area contributed by atoms with E-state index in [9.17, 15) is 24.3 Å². The van der Waals surface area contributed by atoms with E-state index in [-0.39, 0.29) is 24.2 Å². The van der Waals surface area contributed by atoms with Crippen LogP contribution in [0.4, 0.5) is 11.4 Å². The van der Waals surface area contributed by atoms with E-state index in [1.807, 2.05) is 11.0 Å². The van der Waals surface area contributed by atoms with Gasteiger partial charge in [-0.3, -0.25) is 29.1 Å². The second-order valence-electron chi connectivity index (χ2n) is 11.3. The maximum absolute atomic E-state index is 13.4. The van der Waals surface area contributed by atoms with Crippen LogP contribution in [0.15, 0.2) is 67.3 Å². The van der Waals surface area contributed by atoms with Gasteiger partial charge in [-0.15, -0.1) is 0 Å². The Balaban J connectivity index is 1.38. The molecule has 3 N–H and O–H groups in total. The number of carboxylic acid groups (broad SMARTS) is 1. The van der Waals surface area contributed by atoms with Crippen LogP contribution in [-0.2, 0) is 9.59 Å². The first-order chi connectivity index (χ1) is 21.4. The first-order valence-electron chi connectivity index (χ1n) is 15.2. The first-order valence-corrected chi connectivity index (χ1v) is 15.2. The molecule has 2 aliphatic rings. The predicted octanol–water partition coefficient (Wildman–Crippen LogP) is 4.29.